The molecule has 0 spiro atoms. The number of pyridine rings is 1. The van der Waals surface area contributed by atoms with Gasteiger partial charge in [0.25, 0.3) is 0 Å². The Morgan fingerprint density at radius 1 is 1.58 bits per heavy atom. The maximum absolute atomic E-state index is 10.8. The number of aldehydes is 1. The first-order chi connectivity index (χ1) is 5.83. The van der Waals surface area contributed by atoms with Gasteiger partial charge in [0.1, 0.15) is 12.1 Å². The van der Waals surface area contributed by atoms with E-state index in [1.54, 1.807) is 24.4 Å². The molecule has 0 aliphatic carbocycles. The SMILES string of the molecule is O=CCC(=O)Nc1ccccn1. The lowest BCUT2D eigenvalue weighted by atomic mass is 10.4. The van der Waals surface area contributed by atoms with Crippen LogP contribution in [0.4, 0.5) is 5.82 Å². The van der Waals surface area contributed by atoms with Crippen LogP contribution in [0.5, 0.6) is 0 Å². The van der Waals surface area contributed by atoms with E-state index in [-0.39, 0.29) is 12.3 Å². The van der Waals surface area contributed by atoms with Gasteiger partial charge in [0.05, 0.1) is 6.42 Å². The zero-order valence-corrected chi connectivity index (χ0v) is 6.36. The van der Waals surface area contributed by atoms with Crippen LogP contribution < -0.4 is 5.32 Å². The number of amides is 1. The Labute approximate surface area is 69.6 Å². The standard InChI is InChI=1S/C8H8N2O2/c11-6-4-8(12)10-7-3-1-2-5-9-7/h1-3,5-6H,4H2,(H,9,10,12). The van der Waals surface area contributed by atoms with Crippen molar-refractivity contribution < 1.29 is 9.59 Å². The van der Waals surface area contributed by atoms with E-state index in [4.69, 9.17) is 0 Å². The molecule has 1 N–H and O–H groups in total. The van der Waals surface area contributed by atoms with E-state index in [1.165, 1.54) is 0 Å². The van der Waals surface area contributed by atoms with E-state index in [9.17, 15) is 9.59 Å². The molecule has 1 aromatic heterocycles. The zero-order chi connectivity index (χ0) is 8.81. The second-order valence-corrected chi connectivity index (χ2v) is 2.13. The molecular formula is C8H8N2O2. The fraction of sp³-hybridized carbons (Fsp3) is 0.125. The van der Waals surface area contributed by atoms with Gasteiger partial charge in [-0.1, -0.05) is 6.07 Å². The van der Waals surface area contributed by atoms with Gasteiger partial charge in [-0.25, -0.2) is 4.98 Å². The summed E-state index contributed by atoms with van der Waals surface area (Å²) in [5, 5.41) is 2.46. The Kier molecular flexibility index (Phi) is 2.95. The highest BCUT2D eigenvalue weighted by atomic mass is 16.2. The average molecular weight is 164 g/mol. The van der Waals surface area contributed by atoms with Crippen molar-refractivity contribution in [3.8, 4) is 0 Å². The van der Waals surface area contributed by atoms with Gasteiger partial charge >= 0.3 is 0 Å². The molecule has 4 heteroatoms. The van der Waals surface area contributed by atoms with Gasteiger partial charge in [0, 0.05) is 6.20 Å². The molecule has 0 fully saturated rings. The van der Waals surface area contributed by atoms with Crippen LogP contribution in [-0.2, 0) is 9.59 Å². The molecule has 12 heavy (non-hydrogen) atoms. The number of aromatic nitrogens is 1. The van der Waals surface area contributed by atoms with Crippen LogP contribution in [0.25, 0.3) is 0 Å². The fourth-order valence-corrected chi connectivity index (χ4v) is 0.706. The molecule has 0 aliphatic heterocycles. The van der Waals surface area contributed by atoms with Gasteiger partial charge in [-0.2, -0.15) is 0 Å². The van der Waals surface area contributed by atoms with Crippen LogP contribution in [0.15, 0.2) is 24.4 Å². The molecule has 0 aromatic carbocycles. The van der Waals surface area contributed by atoms with E-state index in [2.05, 4.69) is 10.3 Å². The summed E-state index contributed by atoms with van der Waals surface area (Å²) in [5.41, 5.74) is 0. The maximum Gasteiger partial charge on any atom is 0.232 e. The molecule has 1 aromatic rings. The van der Waals surface area contributed by atoms with Crippen molar-refractivity contribution in [1.82, 2.24) is 4.98 Å². The van der Waals surface area contributed by atoms with Crippen LogP contribution in [0.3, 0.4) is 0 Å². The lowest BCUT2D eigenvalue weighted by Crippen LogP contribution is -2.12. The van der Waals surface area contributed by atoms with Crippen molar-refractivity contribution in [2.24, 2.45) is 0 Å². The first-order valence-corrected chi connectivity index (χ1v) is 3.47. The van der Waals surface area contributed by atoms with E-state index in [0.29, 0.717) is 12.1 Å². The number of hydrogen-bond acceptors (Lipinski definition) is 3. The van der Waals surface area contributed by atoms with Crippen LogP contribution >= 0.6 is 0 Å². The molecule has 0 bridgehead atoms. The second kappa shape index (κ2) is 4.23. The quantitative estimate of drug-likeness (QED) is 0.526. The molecule has 1 amide bonds. The first-order valence-electron chi connectivity index (χ1n) is 3.47. The van der Waals surface area contributed by atoms with Crippen LogP contribution in [-0.4, -0.2) is 17.2 Å². The van der Waals surface area contributed by atoms with Crippen molar-refractivity contribution in [1.29, 1.82) is 0 Å². The average Bonchev–Trinajstić information content (AvgIpc) is 2.06. The number of carbonyl (C=O) groups is 2. The van der Waals surface area contributed by atoms with Gasteiger partial charge < -0.3 is 10.1 Å². The summed E-state index contributed by atoms with van der Waals surface area (Å²) in [6.45, 7) is 0. The van der Waals surface area contributed by atoms with Crippen LogP contribution in [0.2, 0.25) is 0 Å². The monoisotopic (exact) mass is 164 g/mol. The molecule has 1 heterocycles. The van der Waals surface area contributed by atoms with E-state index < -0.39 is 0 Å². The van der Waals surface area contributed by atoms with Crippen molar-refractivity contribution in [2.75, 3.05) is 5.32 Å². The largest absolute Gasteiger partial charge is 0.310 e. The van der Waals surface area contributed by atoms with Crippen molar-refractivity contribution >= 4 is 18.0 Å². The Balaban J connectivity index is 2.52. The highest BCUT2D eigenvalue weighted by Gasteiger charge is 1.99. The number of nitrogens with one attached hydrogen (secondary N) is 1. The fourth-order valence-electron chi connectivity index (χ4n) is 0.706. The minimum Gasteiger partial charge on any atom is -0.310 e. The molecule has 62 valence electrons. The number of rotatable bonds is 3. The van der Waals surface area contributed by atoms with Gasteiger partial charge in [-0.3, -0.25) is 4.79 Å². The molecule has 4 nitrogen and oxygen atoms in total. The number of anilines is 1. The predicted molar refractivity (Wildman–Crippen MR) is 43.5 cm³/mol. The summed E-state index contributed by atoms with van der Waals surface area (Å²) in [4.78, 5) is 24.6. The smallest absolute Gasteiger partial charge is 0.232 e. The summed E-state index contributed by atoms with van der Waals surface area (Å²) in [6.07, 6.45) is 1.99. The third kappa shape index (κ3) is 2.49. The topological polar surface area (TPSA) is 59.1 Å². The summed E-state index contributed by atoms with van der Waals surface area (Å²) in [6, 6.07) is 5.15. The van der Waals surface area contributed by atoms with Crippen LogP contribution in [0, 0.1) is 0 Å². The van der Waals surface area contributed by atoms with Gasteiger partial charge in [0.15, 0.2) is 0 Å². The number of nitrogens with zero attached hydrogens (tertiary/aromatic N) is 1. The Morgan fingerprint density at radius 2 is 2.42 bits per heavy atom. The summed E-state index contributed by atoms with van der Waals surface area (Å²) in [5.74, 6) is 0.119. The number of carbonyl (C=O) groups excluding carboxylic acids is 2. The Hall–Kier alpha value is -1.71. The van der Waals surface area contributed by atoms with Gasteiger partial charge in [-0.05, 0) is 12.1 Å². The van der Waals surface area contributed by atoms with E-state index >= 15 is 0 Å². The highest BCUT2D eigenvalue weighted by molar-refractivity contribution is 5.97. The van der Waals surface area contributed by atoms with Crippen LogP contribution in [0.1, 0.15) is 6.42 Å². The molecule has 0 aliphatic rings. The lowest BCUT2D eigenvalue weighted by molar-refractivity contribution is -0.120. The summed E-state index contributed by atoms with van der Waals surface area (Å²) < 4.78 is 0. The van der Waals surface area contributed by atoms with Crippen molar-refractivity contribution in [2.45, 2.75) is 6.42 Å². The van der Waals surface area contributed by atoms with E-state index in [1.807, 2.05) is 0 Å². The number of hydrogen-bond donors (Lipinski definition) is 1. The first kappa shape index (κ1) is 8.39. The minimum absolute atomic E-state index is 0.128. The molecule has 0 radical (unpaired) electrons. The minimum atomic E-state index is -0.344. The zero-order valence-electron chi connectivity index (χ0n) is 6.36. The summed E-state index contributed by atoms with van der Waals surface area (Å²) >= 11 is 0. The van der Waals surface area contributed by atoms with E-state index in [0.717, 1.165) is 0 Å². The van der Waals surface area contributed by atoms with Gasteiger partial charge in [0.2, 0.25) is 5.91 Å². The molecular weight excluding hydrogens is 156 g/mol. The van der Waals surface area contributed by atoms with Crippen molar-refractivity contribution in [3.63, 3.8) is 0 Å². The highest BCUT2D eigenvalue weighted by Crippen LogP contribution is 1.99. The third-order valence-corrected chi connectivity index (χ3v) is 1.20. The molecule has 0 saturated carbocycles. The normalized spacial score (nSPS) is 9.00. The summed E-state index contributed by atoms with van der Waals surface area (Å²) in [7, 11) is 0. The lowest BCUT2D eigenvalue weighted by Gasteiger charge is -1.99. The Bertz CT molecular complexity index is 272. The molecule has 1 rings (SSSR count). The predicted octanol–water partition coefficient (Wildman–Crippen LogP) is 0.609. The molecule has 0 atom stereocenters. The van der Waals surface area contributed by atoms with Crippen molar-refractivity contribution in [3.05, 3.63) is 24.4 Å². The van der Waals surface area contributed by atoms with Gasteiger partial charge in [-0.15, -0.1) is 0 Å². The Morgan fingerprint density at radius 3 is 3.00 bits per heavy atom. The second-order valence-electron chi connectivity index (χ2n) is 2.13. The molecule has 0 saturated heterocycles. The molecule has 0 unspecified atom stereocenters. The third-order valence-electron chi connectivity index (χ3n) is 1.20. The maximum atomic E-state index is 10.8.